The second kappa shape index (κ2) is 5.64. The lowest BCUT2D eigenvalue weighted by molar-refractivity contribution is -0.120. The Morgan fingerprint density at radius 3 is 2.57 bits per heavy atom. The van der Waals surface area contributed by atoms with Crippen LogP contribution in [0.4, 0.5) is 0 Å². The minimum atomic E-state index is -0.177. The minimum absolute atomic E-state index is 0.0451. The van der Waals surface area contributed by atoms with Gasteiger partial charge in [-0.3, -0.25) is 4.79 Å². The molecular weight excluding hydrogens is 176 g/mol. The van der Waals surface area contributed by atoms with Crippen LogP contribution in [-0.4, -0.2) is 12.5 Å². The van der Waals surface area contributed by atoms with Crippen molar-refractivity contribution in [3.8, 4) is 6.07 Å². The molecule has 0 spiro atoms. The van der Waals surface area contributed by atoms with Crippen LogP contribution >= 0.6 is 0 Å². The number of nitriles is 1. The summed E-state index contributed by atoms with van der Waals surface area (Å²) in [5.74, 6) is 0.383. The van der Waals surface area contributed by atoms with Gasteiger partial charge in [0, 0.05) is 6.54 Å². The number of hydrogen-bond acceptors (Lipinski definition) is 2. The molecule has 1 atom stereocenters. The molecule has 1 N–H and O–H groups in total. The molecular formula is C11H20N2O. The van der Waals surface area contributed by atoms with Gasteiger partial charge in [-0.1, -0.05) is 34.1 Å². The van der Waals surface area contributed by atoms with E-state index in [0.717, 1.165) is 6.42 Å². The normalized spacial score (nSPS) is 13.1. The number of carbonyl (C=O) groups excluding carboxylic acids is 1. The Bertz CT molecular complexity index is 228. The number of rotatable bonds is 5. The highest BCUT2D eigenvalue weighted by molar-refractivity contribution is 5.77. The summed E-state index contributed by atoms with van der Waals surface area (Å²) in [6, 6.07) is 1.83. The first-order chi connectivity index (χ1) is 6.44. The molecule has 3 nitrogen and oxygen atoms in total. The monoisotopic (exact) mass is 196 g/mol. The van der Waals surface area contributed by atoms with Gasteiger partial charge in [-0.25, -0.2) is 0 Å². The molecule has 0 aliphatic heterocycles. The molecule has 1 unspecified atom stereocenters. The first-order valence-corrected chi connectivity index (χ1v) is 5.07. The molecule has 0 bridgehead atoms. The maximum absolute atomic E-state index is 11.1. The van der Waals surface area contributed by atoms with Crippen LogP contribution in [0.15, 0.2) is 0 Å². The molecule has 0 saturated heterocycles. The summed E-state index contributed by atoms with van der Waals surface area (Å²) in [5, 5.41) is 11.1. The minimum Gasteiger partial charge on any atom is -0.355 e. The van der Waals surface area contributed by atoms with Gasteiger partial charge in [0.05, 0.1) is 6.07 Å². The zero-order chi connectivity index (χ0) is 11.2. The fraction of sp³-hybridized carbons (Fsp3) is 0.818. The van der Waals surface area contributed by atoms with Gasteiger partial charge in [-0.15, -0.1) is 0 Å². The van der Waals surface area contributed by atoms with Gasteiger partial charge in [0.15, 0.2) is 0 Å². The summed E-state index contributed by atoms with van der Waals surface area (Å²) >= 11 is 0. The molecule has 1 amide bonds. The van der Waals surface area contributed by atoms with Crippen LogP contribution in [0.2, 0.25) is 0 Å². The molecule has 3 heteroatoms. The molecule has 0 fully saturated rings. The quantitative estimate of drug-likeness (QED) is 0.732. The van der Waals surface area contributed by atoms with Crippen LogP contribution in [0.5, 0.6) is 0 Å². The summed E-state index contributed by atoms with van der Waals surface area (Å²) in [5.41, 5.74) is 0.0971. The predicted molar refractivity (Wildman–Crippen MR) is 56.5 cm³/mol. The molecule has 0 aromatic carbocycles. The standard InChI is InChI=1S/C11H20N2O/c1-5-9(2)11(3,4)8-13-10(14)6-7-12/h9H,5-6,8H2,1-4H3,(H,13,14). The van der Waals surface area contributed by atoms with Crippen molar-refractivity contribution in [3.05, 3.63) is 0 Å². The molecule has 0 aliphatic carbocycles. The lowest BCUT2D eigenvalue weighted by Crippen LogP contribution is -2.37. The van der Waals surface area contributed by atoms with Crippen LogP contribution in [0.3, 0.4) is 0 Å². The van der Waals surface area contributed by atoms with Crippen LogP contribution < -0.4 is 5.32 Å². The largest absolute Gasteiger partial charge is 0.355 e. The third-order valence-electron chi connectivity index (χ3n) is 2.93. The molecule has 0 heterocycles. The highest BCUT2D eigenvalue weighted by Crippen LogP contribution is 2.27. The number of amides is 1. The van der Waals surface area contributed by atoms with E-state index in [1.165, 1.54) is 0 Å². The molecule has 0 rings (SSSR count). The van der Waals surface area contributed by atoms with Crippen molar-refractivity contribution in [1.82, 2.24) is 5.32 Å². The average molecular weight is 196 g/mol. The molecule has 0 radical (unpaired) electrons. The van der Waals surface area contributed by atoms with E-state index in [4.69, 9.17) is 5.26 Å². The second-order valence-electron chi connectivity index (χ2n) is 4.41. The summed E-state index contributed by atoms with van der Waals surface area (Å²) in [6.07, 6.45) is 1.05. The van der Waals surface area contributed by atoms with E-state index in [9.17, 15) is 4.79 Å². The van der Waals surface area contributed by atoms with Crippen molar-refractivity contribution in [2.24, 2.45) is 11.3 Å². The number of hydrogen-bond donors (Lipinski definition) is 1. The van der Waals surface area contributed by atoms with Crippen molar-refractivity contribution in [1.29, 1.82) is 5.26 Å². The Morgan fingerprint density at radius 1 is 1.57 bits per heavy atom. The highest BCUT2D eigenvalue weighted by atomic mass is 16.1. The number of nitrogens with zero attached hydrogens (tertiary/aromatic N) is 1. The summed E-state index contributed by atoms with van der Waals surface area (Å²) in [6.45, 7) is 9.23. The molecule has 14 heavy (non-hydrogen) atoms. The SMILES string of the molecule is CCC(C)C(C)(C)CNC(=O)CC#N. The Morgan fingerprint density at radius 2 is 2.14 bits per heavy atom. The maximum Gasteiger partial charge on any atom is 0.234 e. The first-order valence-electron chi connectivity index (χ1n) is 5.07. The second-order valence-corrected chi connectivity index (χ2v) is 4.41. The van der Waals surface area contributed by atoms with Gasteiger partial charge in [0.2, 0.25) is 5.91 Å². The topological polar surface area (TPSA) is 52.9 Å². The molecule has 0 aromatic rings. The molecule has 0 saturated carbocycles. The third-order valence-corrected chi connectivity index (χ3v) is 2.93. The average Bonchev–Trinajstić information content (AvgIpc) is 2.14. The zero-order valence-electron chi connectivity index (χ0n) is 9.55. The van der Waals surface area contributed by atoms with Gasteiger partial charge in [0.1, 0.15) is 6.42 Å². The Kier molecular flexibility index (Phi) is 5.22. The summed E-state index contributed by atoms with van der Waals surface area (Å²) in [4.78, 5) is 11.1. The smallest absolute Gasteiger partial charge is 0.234 e. The van der Waals surface area contributed by atoms with Crippen LogP contribution in [0.25, 0.3) is 0 Å². The van der Waals surface area contributed by atoms with Crippen molar-refractivity contribution >= 4 is 5.91 Å². The van der Waals surface area contributed by atoms with E-state index in [-0.39, 0.29) is 17.7 Å². The highest BCUT2D eigenvalue weighted by Gasteiger charge is 2.24. The van der Waals surface area contributed by atoms with E-state index >= 15 is 0 Å². The Balaban J connectivity index is 3.99. The number of nitrogens with one attached hydrogen (secondary N) is 1. The summed E-state index contributed by atoms with van der Waals surface area (Å²) < 4.78 is 0. The van der Waals surface area contributed by atoms with E-state index < -0.39 is 0 Å². The predicted octanol–water partition coefficient (Wildman–Crippen LogP) is 2.09. The van der Waals surface area contributed by atoms with Crippen LogP contribution in [-0.2, 0) is 4.79 Å². The lowest BCUT2D eigenvalue weighted by Gasteiger charge is -2.31. The van der Waals surface area contributed by atoms with Crippen LogP contribution in [0.1, 0.15) is 40.5 Å². The fourth-order valence-corrected chi connectivity index (χ4v) is 1.19. The zero-order valence-corrected chi connectivity index (χ0v) is 9.55. The maximum atomic E-state index is 11.1. The van der Waals surface area contributed by atoms with E-state index in [0.29, 0.717) is 12.5 Å². The van der Waals surface area contributed by atoms with E-state index in [2.05, 4.69) is 33.0 Å². The van der Waals surface area contributed by atoms with Gasteiger partial charge < -0.3 is 5.32 Å². The molecule has 80 valence electrons. The lowest BCUT2D eigenvalue weighted by atomic mass is 9.78. The van der Waals surface area contributed by atoms with Crippen molar-refractivity contribution in [2.75, 3.05) is 6.54 Å². The number of carbonyl (C=O) groups is 1. The van der Waals surface area contributed by atoms with Crippen molar-refractivity contribution in [3.63, 3.8) is 0 Å². The van der Waals surface area contributed by atoms with Gasteiger partial charge in [-0.05, 0) is 11.3 Å². The molecule has 0 aliphatic rings. The van der Waals surface area contributed by atoms with E-state index in [1.54, 1.807) is 0 Å². The van der Waals surface area contributed by atoms with E-state index in [1.807, 2.05) is 6.07 Å². The molecule has 0 aromatic heterocycles. The first kappa shape index (κ1) is 13.0. The van der Waals surface area contributed by atoms with Gasteiger partial charge in [-0.2, -0.15) is 5.26 Å². The van der Waals surface area contributed by atoms with Gasteiger partial charge in [0.25, 0.3) is 0 Å². The van der Waals surface area contributed by atoms with Crippen molar-refractivity contribution < 1.29 is 4.79 Å². The summed E-state index contributed by atoms with van der Waals surface area (Å²) in [7, 11) is 0. The van der Waals surface area contributed by atoms with Gasteiger partial charge >= 0.3 is 0 Å². The Hall–Kier alpha value is -1.04. The fourth-order valence-electron chi connectivity index (χ4n) is 1.19. The van der Waals surface area contributed by atoms with Crippen LogP contribution in [0, 0.1) is 22.7 Å². The van der Waals surface area contributed by atoms with Crippen molar-refractivity contribution in [2.45, 2.75) is 40.5 Å². The Labute approximate surface area is 86.5 Å². The third kappa shape index (κ3) is 4.27.